The van der Waals surface area contributed by atoms with Gasteiger partial charge in [0.1, 0.15) is 0 Å². The molecule has 94 valence electrons. The highest BCUT2D eigenvalue weighted by molar-refractivity contribution is 7.89. The van der Waals surface area contributed by atoms with Gasteiger partial charge in [-0.05, 0) is 32.6 Å². The summed E-state index contributed by atoms with van der Waals surface area (Å²) in [7, 11) is -2.96. The molecule has 0 aromatic carbocycles. The molecule has 5 heteroatoms. The SMILES string of the molecule is CC(C)N1CCN(S(=O)(=O)CC2CC2)CC1. The van der Waals surface area contributed by atoms with Crippen molar-refractivity contribution < 1.29 is 8.42 Å². The van der Waals surface area contributed by atoms with Crippen molar-refractivity contribution in [3.63, 3.8) is 0 Å². The van der Waals surface area contributed by atoms with Crippen LogP contribution in [0.3, 0.4) is 0 Å². The lowest BCUT2D eigenvalue weighted by Crippen LogP contribution is -2.51. The zero-order valence-corrected chi connectivity index (χ0v) is 11.0. The minimum absolute atomic E-state index is 0.384. The molecule has 1 heterocycles. The molecule has 1 aliphatic carbocycles. The molecule has 2 aliphatic rings. The van der Waals surface area contributed by atoms with Crippen molar-refractivity contribution >= 4 is 10.0 Å². The summed E-state index contributed by atoms with van der Waals surface area (Å²) in [5.74, 6) is 0.836. The summed E-state index contributed by atoms with van der Waals surface area (Å²) in [6.45, 7) is 7.42. The molecule has 0 N–H and O–H groups in total. The van der Waals surface area contributed by atoms with E-state index in [-0.39, 0.29) is 0 Å². The number of sulfonamides is 1. The summed E-state index contributed by atoms with van der Waals surface area (Å²) < 4.78 is 25.7. The third-order valence-corrected chi connectivity index (χ3v) is 5.58. The lowest BCUT2D eigenvalue weighted by molar-refractivity contribution is 0.154. The summed E-state index contributed by atoms with van der Waals surface area (Å²) >= 11 is 0. The highest BCUT2D eigenvalue weighted by Gasteiger charge is 2.33. The topological polar surface area (TPSA) is 40.6 Å². The summed E-state index contributed by atoms with van der Waals surface area (Å²) in [4.78, 5) is 2.34. The molecule has 0 unspecified atom stereocenters. The number of nitrogens with zero attached hydrogens (tertiary/aromatic N) is 2. The van der Waals surface area contributed by atoms with Crippen LogP contribution in [0.1, 0.15) is 26.7 Å². The summed E-state index contributed by atoms with van der Waals surface area (Å²) in [6, 6.07) is 0.522. The van der Waals surface area contributed by atoms with E-state index in [1.54, 1.807) is 4.31 Å². The van der Waals surface area contributed by atoms with Crippen molar-refractivity contribution in [3.05, 3.63) is 0 Å². The van der Waals surface area contributed by atoms with Gasteiger partial charge in [-0.3, -0.25) is 4.90 Å². The highest BCUT2D eigenvalue weighted by Crippen LogP contribution is 2.31. The monoisotopic (exact) mass is 246 g/mol. The van der Waals surface area contributed by atoms with E-state index in [2.05, 4.69) is 18.7 Å². The molecule has 0 amide bonds. The molecule has 1 aliphatic heterocycles. The Morgan fingerprint density at radius 2 is 1.69 bits per heavy atom. The number of piperazine rings is 1. The predicted octanol–water partition coefficient (Wildman–Crippen LogP) is 0.752. The van der Waals surface area contributed by atoms with Gasteiger partial charge in [0.25, 0.3) is 0 Å². The van der Waals surface area contributed by atoms with Gasteiger partial charge in [0, 0.05) is 32.2 Å². The maximum Gasteiger partial charge on any atom is 0.214 e. The zero-order chi connectivity index (χ0) is 11.8. The average Bonchev–Trinajstić information content (AvgIpc) is 3.01. The molecule has 2 fully saturated rings. The van der Waals surface area contributed by atoms with E-state index < -0.39 is 10.0 Å². The fourth-order valence-electron chi connectivity index (χ4n) is 2.19. The molecule has 0 atom stereocenters. The van der Waals surface area contributed by atoms with E-state index >= 15 is 0 Å². The molecule has 1 saturated heterocycles. The Labute approximate surface area is 98.7 Å². The van der Waals surface area contributed by atoms with Crippen molar-refractivity contribution in [3.8, 4) is 0 Å². The van der Waals surface area contributed by atoms with Crippen molar-refractivity contribution in [1.82, 2.24) is 9.21 Å². The molecular formula is C11H22N2O2S. The quantitative estimate of drug-likeness (QED) is 0.735. The maximum absolute atomic E-state index is 12.0. The first-order valence-corrected chi connectivity index (χ1v) is 7.82. The van der Waals surface area contributed by atoms with E-state index in [9.17, 15) is 8.42 Å². The molecule has 0 aromatic heterocycles. The van der Waals surface area contributed by atoms with Crippen LogP contribution in [0.2, 0.25) is 0 Å². The molecule has 4 nitrogen and oxygen atoms in total. The van der Waals surface area contributed by atoms with Gasteiger partial charge in [-0.25, -0.2) is 8.42 Å². The van der Waals surface area contributed by atoms with Gasteiger partial charge in [0.15, 0.2) is 0 Å². The van der Waals surface area contributed by atoms with Crippen LogP contribution in [-0.2, 0) is 10.0 Å². The third kappa shape index (κ3) is 2.96. The highest BCUT2D eigenvalue weighted by atomic mass is 32.2. The van der Waals surface area contributed by atoms with E-state index in [1.165, 1.54) is 0 Å². The zero-order valence-electron chi connectivity index (χ0n) is 10.2. The Balaban J connectivity index is 1.87. The van der Waals surface area contributed by atoms with Crippen LogP contribution in [0, 0.1) is 5.92 Å². The molecule has 16 heavy (non-hydrogen) atoms. The van der Waals surface area contributed by atoms with Gasteiger partial charge in [0.2, 0.25) is 10.0 Å². The lowest BCUT2D eigenvalue weighted by Gasteiger charge is -2.36. The first-order valence-electron chi connectivity index (χ1n) is 6.21. The Morgan fingerprint density at radius 1 is 1.12 bits per heavy atom. The Morgan fingerprint density at radius 3 is 2.12 bits per heavy atom. The molecule has 0 radical (unpaired) electrons. The fraction of sp³-hybridized carbons (Fsp3) is 1.00. The van der Waals surface area contributed by atoms with Crippen molar-refractivity contribution in [1.29, 1.82) is 0 Å². The summed E-state index contributed by atoms with van der Waals surface area (Å²) in [5.41, 5.74) is 0. The van der Waals surface area contributed by atoms with Crippen LogP contribution in [0.15, 0.2) is 0 Å². The molecule has 0 bridgehead atoms. The second kappa shape index (κ2) is 4.63. The Kier molecular flexibility index (Phi) is 3.56. The van der Waals surface area contributed by atoms with Crippen LogP contribution in [0.5, 0.6) is 0 Å². The van der Waals surface area contributed by atoms with Gasteiger partial charge in [0.05, 0.1) is 5.75 Å². The second-order valence-electron chi connectivity index (χ2n) is 5.25. The van der Waals surface area contributed by atoms with Crippen LogP contribution in [0.25, 0.3) is 0 Å². The Bertz CT molecular complexity index is 328. The van der Waals surface area contributed by atoms with Crippen LogP contribution < -0.4 is 0 Å². The van der Waals surface area contributed by atoms with Crippen LogP contribution >= 0.6 is 0 Å². The largest absolute Gasteiger partial charge is 0.298 e. The van der Waals surface area contributed by atoms with Gasteiger partial charge >= 0.3 is 0 Å². The van der Waals surface area contributed by atoms with Crippen molar-refractivity contribution in [2.24, 2.45) is 5.92 Å². The Hall–Kier alpha value is -0.130. The van der Waals surface area contributed by atoms with Crippen molar-refractivity contribution in [2.45, 2.75) is 32.7 Å². The predicted molar refractivity (Wildman–Crippen MR) is 64.8 cm³/mol. The average molecular weight is 246 g/mol. The summed E-state index contributed by atoms with van der Waals surface area (Å²) in [5, 5.41) is 0. The van der Waals surface area contributed by atoms with Crippen LogP contribution in [0.4, 0.5) is 0 Å². The summed E-state index contributed by atoms with van der Waals surface area (Å²) in [6.07, 6.45) is 2.20. The van der Waals surface area contributed by atoms with Gasteiger partial charge in [-0.15, -0.1) is 0 Å². The number of hydrogen-bond acceptors (Lipinski definition) is 3. The first kappa shape index (κ1) is 12.3. The minimum atomic E-state index is -2.96. The number of hydrogen-bond donors (Lipinski definition) is 0. The molecule has 0 spiro atoms. The minimum Gasteiger partial charge on any atom is -0.298 e. The smallest absolute Gasteiger partial charge is 0.214 e. The maximum atomic E-state index is 12.0. The normalized spacial score (nSPS) is 25.2. The molecule has 0 aromatic rings. The second-order valence-corrected chi connectivity index (χ2v) is 7.26. The standard InChI is InChI=1S/C11H22N2O2S/c1-10(2)12-5-7-13(8-6-12)16(14,15)9-11-3-4-11/h10-11H,3-9H2,1-2H3. The van der Waals surface area contributed by atoms with E-state index in [1.807, 2.05) is 0 Å². The van der Waals surface area contributed by atoms with Gasteiger partial charge in [-0.1, -0.05) is 0 Å². The van der Waals surface area contributed by atoms with Gasteiger partial charge < -0.3 is 0 Å². The fourth-order valence-corrected chi connectivity index (χ4v) is 4.05. The first-order chi connectivity index (χ1) is 7.49. The van der Waals surface area contributed by atoms with E-state index in [4.69, 9.17) is 0 Å². The van der Waals surface area contributed by atoms with E-state index in [0.29, 0.717) is 30.8 Å². The molecule has 2 rings (SSSR count). The number of rotatable bonds is 4. The van der Waals surface area contributed by atoms with E-state index in [0.717, 1.165) is 25.9 Å². The van der Waals surface area contributed by atoms with Gasteiger partial charge in [-0.2, -0.15) is 4.31 Å². The van der Waals surface area contributed by atoms with Crippen LogP contribution in [-0.4, -0.2) is 55.6 Å². The van der Waals surface area contributed by atoms with Crippen molar-refractivity contribution in [2.75, 3.05) is 31.9 Å². The lowest BCUT2D eigenvalue weighted by atomic mass is 10.3. The molecule has 1 saturated carbocycles. The third-order valence-electron chi connectivity index (χ3n) is 3.54. The molecular weight excluding hydrogens is 224 g/mol.